The molecule has 0 amide bonds. The number of allylic oxidation sites excluding steroid dienone is 1. The number of rotatable bonds is 3. The lowest BCUT2D eigenvalue weighted by Crippen LogP contribution is -1.91. The largest absolute Gasteiger partial charge is 0.478 e. The van der Waals surface area contributed by atoms with Crippen molar-refractivity contribution in [2.75, 3.05) is 0 Å². The molecule has 74 valence electrons. The molecule has 1 aromatic carbocycles. The maximum Gasteiger partial charge on any atom is 0.327 e. The van der Waals surface area contributed by atoms with E-state index in [0.29, 0.717) is 0 Å². The fourth-order valence-electron chi connectivity index (χ4n) is 0.986. The first-order chi connectivity index (χ1) is 6.59. The zero-order chi connectivity index (χ0) is 10.6. The van der Waals surface area contributed by atoms with Crippen molar-refractivity contribution in [1.29, 1.82) is 0 Å². The van der Waals surface area contributed by atoms with Gasteiger partial charge in [-0.1, -0.05) is 6.08 Å². The summed E-state index contributed by atoms with van der Waals surface area (Å²) in [5.74, 6) is -2.19. The van der Waals surface area contributed by atoms with E-state index < -0.39 is 17.6 Å². The van der Waals surface area contributed by atoms with Gasteiger partial charge in [0.15, 0.2) is 0 Å². The summed E-state index contributed by atoms with van der Waals surface area (Å²) in [5.41, 5.74) is 0.141. The molecule has 1 rings (SSSR count). The fraction of sp³-hybridized carbons (Fsp3) is 0.100. The number of carboxylic acids is 1. The Labute approximate surface area is 79.5 Å². The van der Waals surface area contributed by atoms with Crippen LogP contribution in [-0.4, -0.2) is 11.1 Å². The van der Waals surface area contributed by atoms with E-state index in [1.807, 2.05) is 0 Å². The average molecular weight is 198 g/mol. The van der Waals surface area contributed by atoms with Gasteiger partial charge in [0.2, 0.25) is 0 Å². The number of hydrogen-bond donors (Lipinski definition) is 1. The molecular formula is C10H8F2O2. The second-order valence-electron chi connectivity index (χ2n) is 2.68. The third-order valence-corrected chi connectivity index (χ3v) is 1.61. The third kappa shape index (κ3) is 2.97. The van der Waals surface area contributed by atoms with Gasteiger partial charge in [-0.15, -0.1) is 0 Å². The summed E-state index contributed by atoms with van der Waals surface area (Å²) in [7, 11) is 0. The minimum Gasteiger partial charge on any atom is -0.478 e. The zero-order valence-electron chi connectivity index (χ0n) is 7.21. The van der Waals surface area contributed by atoms with Crippen LogP contribution in [0.2, 0.25) is 0 Å². The van der Waals surface area contributed by atoms with Gasteiger partial charge in [-0.3, -0.25) is 0 Å². The summed E-state index contributed by atoms with van der Waals surface area (Å²) in [6, 6.07) is 3.07. The average Bonchev–Trinajstić information content (AvgIpc) is 2.10. The number of aliphatic carboxylic acids is 1. The van der Waals surface area contributed by atoms with Crippen LogP contribution in [0, 0.1) is 11.6 Å². The summed E-state index contributed by atoms with van der Waals surface area (Å²) in [6.07, 6.45) is 2.22. The Morgan fingerprint density at radius 1 is 1.43 bits per heavy atom. The molecule has 0 radical (unpaired) electrons. The van der Waals surface area contributed by atoms with Gasteiger partial charge in [-0.2, -0.15) is 0 Å². The molecule has 0 saturated carbocycles. The summed E-state index contributed by atoms with van der Waals surface area (Å²) in [4.78, 5) is 10.1. The van der Waals surface area contributed by atoms with E-state index in [2.05, 4.69) is 0 Å². The van der Waals surface area contributed by atoms with Crippen LogP contribution in [0.4, 0.5) is 8.78 Å². The van der Waals surface area contributed by atoms with Crippen molar-refractivity contribution in [2.45, 2.75) is 6.42 Å². The van der Waals surface area contributed by atoms with Gasteiger partial charge < -0.3 is 5.11 Å². The van der Waals surface area contributed by atoms with Gasteiger partial charge in [0, 0.05) is 6.08 Å². The van der Waals surface area contributed by atoms with Crippen molar-refractivity contribution in [3.63, 3.8) is 0 Å². The Morgan fingerprint density at radius 3 is 2.79 bits per heavy atom. The predicted octanol–water partition coefficient (Wildman–Crippen LogP) is 2.15. The molecule has 0 fully saturated rings. The first-order valence-corrected chi connectivity index (χ1v) is 3.93. The Balaban J connectivity index is 2.76. The second kappa shape index (κ2) is 4.50. The Kier molecular flexibility index (Phi) is 3.34. The standard InChI is InChI=1S/C10H8F2O2/c11-8-4-5-9(12)7(6-8)2-1-3-10(13)14/h1,3-6H,2H2,(H,13,14)/b3-1+. The van der Waals surface area contributed by atoms with Crippen LogP contribution in [-0.2, 0) is 11.2 Å². The molecule has 0 spiro atoms. The van der Waals surface area contributed by atoms with Gasteiger partial charge in [-0.05, 0) is 30.2 Å². The molecule has 1 N–H and O–H groups in total. The van der Waals surface area contributed by atoms with E-state index in [9.17, 15) is 13.6 Å². The minimum atomic E-state index is -1.11. The molecular weight excluding hydrogens is 190 g/mol. The fourth-order valence-corrected chi connectivity index (χ4v) is 0.986. The smallest absolute Gasteiger partial charge is 0.327 e. The van der Waals surface area contributed by atoms with Crippen LogP contribution < -0.4 is 0 Å². The quantitative estimate of drug-likeness (QED) is 0.755. The third-order valence-electron chi connectivity index (χ3n) is 1.61. The van der Waals surface area contributed by atoms with E-state index in [0.717, 1.165) is 24.3 Å². The number of carbonyl (C=O) groups is 1. The van der Waals surface area contributed by atoms with Gasteiger partial charge >= 0.3 is 5.97 Å². The normalized spacial score (nSPS) is 10.7. The minimum absolute atomic E-state index is 0.0654. The van der Waals surface area contributed by atoms with E-state index in [4.69, 9.17) is 5.11 Å². The van der Waals surface area contributed by atoms with Crippen molar-refractivity contribution in [1.82, 2.24) is 0 Å². The number of hydrogen-bond acceptors (Lipinski definition) is 1. The molecule has 0 aromatic heterocycles. The molecule has 4 heteroatoms. The van der Waals surface area contributed by atoms with Crippen molar-refractivity contribution < 1.29 is 18.7 Å². The van der Waals surface area contributed by atoms with Gasteiger partial charge in [0.1, 0.15) is 11.6 Å². The first kappa shape index (κ1) is 10.4. The maximum absolute atomic E-state index is 12.9. The zero-order valence-corrected chi connectivity index (χ0v) is 7.21. The van der Waals surface area contributed by atoms with Crippen molar-refractivity contribution >= 4 is 5.97 Å². The topological polar surface area (TPSA) is 37.3 Å². The lowest BCUT2D eigenvalue weighted by atomic mass is 10.1. The van der Waals surface area contributed by atoms with E-state index >= 15 is 0 Å². The monoisotopic (exact) mass is 198 g/mol. The highest BCUT2D eigenvalue weighted by atomic mass is 19.1. The van der Waals surface area contributed by atoms with E-state index in [-0.39, 0.29) is 12.0 Å². The Hall–Kier alpha value is -1.71. The molecule has 0 bridgehead atoms. The van der Waals surface area contributed by atoms with Crippen LogP contribution in [0.15, 0.2) is 30.4 Å². The molecule has 0 saturated heterocycles. The highest BCUT2D eigenvalue weighted by molar-refractivity contribution is 5.79. The summed E-state index contributed by atoms with van der Waals surface area (Å²) in [6.45, 7) is 0. The molecule has 14 heavy (non-hydrogen) atoms. The van der Waals surface area contributed by atoms with Crippen LogP contribution in [0.1, 0.15) is 5.56 Å². The van der Waals surface area contributed by atoms with Gasteiger partial charge in [-0.25, -0.2) is 13.6 Å². The van der Waals surface area contributed by atoms with Gasteiger partial charge in [0.05, 0.1) is 0 Å². The number of carboxylic acid groups (broad SMARTS) is 1. The SMILES string of the molecule is O=C(O)/C=C/Cc1cc(F)ccc1F. The predicted molar refractivity (Wildman–Crippen MR) is 46.8 cm³/mol. The summed E-state index contributed by atoms with van der Waals surface area (Å²) >= 11 is 0. The highest BCUT2D eigenvalue weighted by Crippen LogP contribution is 2.10. The van der Waals surface area contributed by atoms with Crippen molar-refractivity contribution in [3.05, 3.63) is 47.5 Å². The van der Waals surface area contributed by atoms with Crippen LogP contribution in [0.5, 0.6) is 0 Å². The van der Waals surface area contributed by atoms with Crippen LogP contribution in [0.25, 0.3) is 0 Å². The lowest BCUT2D eigenvalue weighted by Gasteiger charge is -1.98. The molecule has 0 aliphatic rings. The summed E-state index contributed by atoms with van der Waals surface area (Å²) < 4.78 is 25.6. The van der Waals surface area contributed by atoms with Crippen molar-refractivity contribution in [3.8, 4) is 0 Å². The maximum atomic E-state index is 12.9. The van der Waals surface area contributed by atoms with E-state index in [1.54, 1.807) is 0 Å². The van der Waals surface area contributed by atoms with Crippen molar-refractivity contribution in [2.24, 2.45) is 0 Å². The number of benzene rings is 1. The molecule has 0 unspecified atom stereocenters. The first-order valence-electron chi connectivity index (χ1n) is 3.93. The summed E-state index contributed by atoms with van der Waals surface area (Å²) in [5, 5.41) is 8.26. The van der Waals surface area contributed by atoms with Crippen LogP contribution in [0.3, 0.4) is 0 Å². The Bertz CT molecular complexity index is 372. The molecule has 0 aliphatic carbocycles. The number of halogens is 2. The highest BCUT2D eigenvalue weighted by Gasteiger charge is 2.01. The molecule has 0 atom stereocenters. The molecule has 0 heterocycles. The van der Waals surface area contributed by atoms with Crippen LogP contribution >= 0.6 is 0 Å². The lowest BCUT2D eigenvalue weighted by molar-refractivity contribution is -0.131. The van der Waals surface area contributed by atoms with E-state index in [1.165, 1.54) is 6.08 Å². The molecule has 2 nitrogen and oxygen atoms in total. The molecule has 0 aliphatic heterocycles. The van der Waals surface area contributed by atoms with Gasteiger partial charge in [0.25, 0.3) is 0 Å². The molecule has 1 aromatic rings. The Morgan fingerprint density at radius 2 is 2.14 bits per heavy atom. The second-order valence-corrected chi connectivity index (χ2v) is 2.68.